The summed E-state index contributed by atoms with van der Waals surface area (Å²) in [5.74, 6) is -3.34. The second-order valence-electron chi connectivity index (χ2n) is 6.45. The van der Waals surface area contributed by atoms with Crippen molar-refractivity contribution in [2.24, 2.45) is 0 Å². The first kappa shape index (κ1) is 21.6. The van der Waals surface area contributed by atoms with Crippen molar-refractivity contribution in [2.75, 3.05) is 13.1 Å². The van der Waals surface area contributed by atoms with E-state index in [4.69, 9.17) is 0 Å². The van der Waals surface area contributed by atoms with Crippen LogP contribution in [0.4, 0.5) is 18.0 Å². The first-order chi connectivity index (χ1) is 14.3. The molecule has 0 aliphatic carbocycles. The summed E-state index contributed by atoms with van der Waals surface area (Å²) in [5, 5.41) is 2.08. The largest absolute Gasteiger partial charge is 0.354 e. The molecule has 0 unspecified atom stereocenters. The highest BCUT2D eigenvalue weighted by atomic mass is 32.2. The van der Waals surface area contributed by atoms with Crippen LogP contribution >= 0.6 is 11.8 Å². The van der Waals surface area contributed by atoms with Crippen LogP contribution in [-0.4, -0.2) is 35.0 Å². The number of hydrogen-bond acceptors (Lipinski definition) is 4. The molecule has 1 heterocycles. The molecule has 156 valence electrons. The maximum atomic E-state index is 13.7. The molecule has 0 atom stereocenters. The molecule has 0 radical (unpaired) electrons. The van der Waals surface area contributed by atoms with Gasteiger partial charge in [-0.1, -0.05) is 24.3 Å². The van der Waals surface area contributed by atoms with Crippen LogP contribution in [0.3, 0.4) is 0 Å². The number of halogens is 3. The number of benzene rings is 2. The Morgan fingerprint density at radius 2 is 1.80 bits per heavy atom. The van der Waals surface area contributed by atoms with Gasteiger partial charge in [-0.2, -0.15) is 0 Å². The molecule has 9 heteroatoms. The Balaban J connectivity index is 1.49. The van der Waals surface area contributed by atoms with E-state index in [1.165, 1.54) is 30.3 Å². The van der Waals surface area contributed by atoms with Crippen LogP contribution in [0, 0.1) is 17.5 Å². The van der Waals surface area contributed by atoms with Crippen LogP contribution in [0.5, 0.6) is 0 Å². The normalized spacial score (nSPS) is 15.2. The lowest BCUT2D eigenvalue weighted by Gasteiger charge is -2.13. The molecular formula is C21H17F3N2O3S. The molecule has 0 spiro atoms. The van der Waals surface area contributed by atoms with Gasteiger partial charge < -0.3 is 5.32 Å². The third kappa shape index (κ3) is 5.29. The molecule has 1 aliphatic heterocycles. The molecule has 0 bridgehead atoms. The van der Waals surface area contributed by atoms with E-state index in [-0.39, 0.29) is 42.3 Å². The quantitative estimate of drug-likeness (QED) is 0.672. The van der Waals surface area contributed by atoms with Gasteiger partial charge in [-0.25, -0.2) is 13.2 Å². The molecule has 1 fully saturated rings. The van der Waals surface area contributed by atoms with Gasteiger partial charge in [-0.15, -0.1) is 0 Å². The molecule has 0 aromatic heterocycles. The molecule has 30 heavy (non-hydrogen) atoms. The highest BCUT2D eigenvalue weighted by Crippen LogP contribution is 2.32. The van der Waals surface area contributed by atoms with Crippen LogP contribution in [-0.2, 0) is 16.0 Å². The van der Waals surface area contributed by atoms with Crippen LogP contribution < -0.4 is 5.32 Å². The average Bonchev–Trinajstić information content (AvgIpc) is 2.98. The number of carbonyl (C=O) groups is 3. The summed E-state index contributed by atoms with van der Waals surface area (Å²) < 4.78 is 39.8. The smallest absolute Gasteiger partial charge is 0.293 e. The van der Waals surface area contributed by atoms with E-state index in [0.717, 1.165) is 17.0 Å². The number of hydrogen-bond donors (Lipinski definition) is 1. The van der Waals surface area contributed by atoms with Crippen molar-refractivity contribution in [1.29, 1.82) is 0 Å². The Morgan fingerprint density at radius 3 is 2.53 bits per heavy atom. The molecule has 3 amide bonds. The number of nitrogens with one attached hydrogen (secondary N) is 1. The summed E-state index contributed by atoms with van der Waals surface area (Å²) in [6.07, 6.45) is 1.58. The second kappa shape index (κ2) is 9.62. The zero-order valence-electron chi connectivity index (χ0n) is 15.7. The summed E-state index contributed by atoms with van der Waals surface area (Å²) in [7, 11) is 0. The van der Waals surface area contributed by atoms with Gasteiger partial charge in [0.15, 0.2) is 11.6 Å². The van der Waals surface area contributed by atoms with Gasteiger partial charge in [0.2, 0.25) is 5.91 Å². The van der Waals surface area contributed by atoms with Crippen LogP contribution in [0.15, 0.2) is 47.4 Å². The van der Waals surface area contributed by atoms with Crippen molar-refractivity contribution in [3.63, 3.8) is 0 Å². The van der Waals surface area contributed by atoms with Gasteiger partial charge in [0, 0.05) is 25.1 Å². The number of thioether (sulfide) groups is 1. The van der Waals surface area contributed by atoms with Gasteiger partial charge in [0.25, 0.3) is 11.1 Å². The monoisotopic (exact) mass is 434 g/mol. The average molecular weight is 434 g/mol. The summed E-state index contributed by atoms with van der Waals surface area (Å²) in [6, 6.07) is 9.32. The minimum Gasteiger partial charge on any atom is -0.354 e. The fourth-order valence-electron chi connectivity index (χ4n) is 2.77. The van der Waals surface area contributed by atoms with Gasteiger partial charge in [-0.3, -0.25) is 19.3 Å². The van der Waals surface area contributed by atoms with Crippen molar-refractivity contribution in [1.82, 2.24) is 10.2 Å². The molecule has 2 aromatic carbocycles. The zero-order valence-corrected chi connectivity index (χ0v) is 16.5. The Kier molecular flexibility index (Phi) is 6.94. The fraction of sp³-hybridized carbons (Fsp3) is 0.190. The molecular weight excluding hydrogens is 417 g/mol. The molecule has 5 nitrogen and oxygen atoms in total. The van der Waals surface area contributed by atoms with Crippen molar-refractivity contribution in [3.05, 3.63) is 75.9 Å². The van der Waals surface area contributed by atoms with E-state index in [1.54, 1.807) is 6.07 Å². The van der Waals surface area contributed by atoms with Crippen LogP contribution in [0.2, 0.25) is 0 Å². The predicted octanol–water partition coefficient (Wildman–Crippen LogP) is 3.89. The van der Waals surface area contributed by atoms with E-state index in [1.807, 2.05) is 0 Å². The summed E-state index contributed by atoms with van der Waals surface area (Å²) in [6.45, 7) is 0.0117. The Hall–Kier alpha value is -3.07. The standard InChI is InChI=1S/C21H17F3N2O3S/c22-15-4-2-1-3-14(15)12-18-20(28)26(21(29)30-18)10-9-25-19(27)8-6-13-5-7-16(23)17(24)11-13/h1-5,7,11-12H,6,8-10H2,(H,25,27)/b18-12-. The lowest BCUT2D eigenvalue weighted by Crippen LogP contribution is -2.37. The third-order valence-corrected chi connectivity index (χ3v) is 5.26. The minimum absolute atomic E-state index is 0.0316. The van der Waals surface area contributed by atoms with Gasteiger partial charge in [0.05, 0.1) is 4.91 Å². The highest BCUT2D eigenvalue weighted by Gasteiger charge is 2.34. The highest BCUT2D eigenvalue weighted by molar-refractivity contribution is 8.18. The molecule has 1 aliphatic rings. The van der Waals surface area contributed by atoms with E-state index in [9.17, 15) is 27.6 Å². The Bertz CT molecular complexity index is 1030. The van der Waals surface area contributed by atoms with Gasteiger partial charge >= 0.3 is 0 Å². The lowest BCUT2D eigenvalue weighted by atomic mass is 10.1. The maximum Gasteiger partial charge on any atom is 0.293 e. The topological polar surface area (TPSA) is 66.5 Å². The second-order valence-corrected chi connectivity index (χ2v) is 7.45. The number of imide groups is 1. The molecule has 1 N–H and O–H groups in total. The van der Waals surface area contributed by atoms with Gasteiger partial charge in [-0.05, 0) is 48.0 Å². The summed E-state index contributed by atoms with van der Waals surface area (Å²) in [4.78, 5) is 37.5. The van der Waals surface area contributed by atoms with E-state index < -0.39 is 28.6 Å². The number of aryl methyl sites for hydroxylation is 1. The van der Waals surface area contributed by atoms with Crippen LogP contribution in [0.25, 0.3) is 6.08 Å². The summed E-state index contributed by atoms with van der Waals surface area (Å²) >= 11 is 0.707. The molecule has 2 aromatic rings. The maximum absolute atomic E-state index is 13.7. The Labute approximate surface area is 174 Å². The third-order valence-electron chi connectivity index (χ3n) is 4.35. The van der Waals surface area contributed by atoms with Gasteiger partial charge in [0.1, 0.15) is 5.82 Å². The van der Waals surface area contributed by atoms with E-state index >= 15 is 0 Å². The lowest BCUT2D eigenvalue weighted by molar-refractivity contribution is -0.124. The van der Waals surface area contributed by atoms with Crippen molar-refractivity contribution < 1.29 is 27.6 Å². The van der Waals surface area contributed by atoms with Crippen molar-refractivity contribution in [3.8, 4) is 0 Å². The van der Waals surface area contributed by atoms with Crippen molar-refractivity contribution >= 4 is 34.9 Å². The number of amides is 3. The minimum atomic E-state index is -0.976. The Morgan fingerprint density at radius 1 is 1.03 bits per heavy atom. The van der Waals surface area contributed by atoms with Crippen LogP contribution in [0.1, 0.15) is 17.5 Å². The zero-order chi connectivity index (χ0) is 21.7. The van der Waals surface area contributed by atoms with E-state index in [0.29, 0.717) is 17.3 Å². The van der Waals surface area contributed by atoms with Crippen molar-refractivity contribution in [2.45, 2.75) is 12.8 Å². The molecule has 3 rings (SSSR count). The number of rotatable bonds is 7. The van der Waals surface area contributed by atoms with E-state index in [2.05, 4.69) is 5.32 Å². The molecule has 0 saturated carbocycles. The first-order valence-corrected chi connectivity index (χ1v) is 9.87. The SMILES string of the molecule is O=C(CCc1ccc(F)c(F)c1)NCCN1C(=O)S/C(=C\c2ccccc2F)C1=O. The fourth-order valence-corrected chi connectivity index (χ4v) is 3.63. The number of nitrogens with zero attached hydrogens (tertiary/aromatic N) is 1. The summed E-state index contributed by atoms with van der Waals surface area (Å²) in [5.41, 5.74) is 0.682. The predicted molar refractivity (Wildman–Crippen MR) is 107 cm³/mol. The number of carbonyl (C=O) groups excluding carboxylic acids is 3. The molecule has 1 saturated heterocycles. The first-order valence-electron chi connectivity index (χ1n) is 9.05.